The number of piperidine rings is 1. The van der Waals surface area contributed by atoms with Gasteiger partial charge in [0.25, 0.3) is 0 Å². The van der Waals surface area contributed by atoms with Crippen LogP contribution >= 0.6 is 0 Å². The number of hydrogen-bond donors (Lipinski definition) is 1. The van der Waals surface area contributed by atoms with Gasteiger partial charge < -0.3 is 20.6 Å². The Hall–Kier alpha value is -1.87. The third kappa shape index (κ3) is 6.99. The number of rotatable bonds is 3. The van der Waals surface area contributed by atoms with Crippen LogP contribution in [0.2, 0.25) is 0 Å². The molecular formula is C18H25F3N3O3-. The van der Waals surface area contributed by atoms with Crippen LogP contribution in [0.5, 0.6) is 0 Å². The van der Waals surface area contributed by atoms with Crippen molar-refractivity contribution in [2.75, 3.05) is 26.3 Å². The maximum atomic E-state index is 11.8. The predicted octanol–water partition coefficient (Wildman–Crippen LogP) is 4.14. The van der Waals surface area contributed by atoms with E-state index in [9.17, 15) is 23.1 Å². The third-order valence-electron chi connectivity index (χ3n) is 4.82. The summed E-state index contributed by atoms with van der Waals surface area (Å²) < 4.78 is 40.8. The van der Waals surface area contributed by atoms with Crippen molar-refractivity contribution >= 4 is 11.8 Å². The Labute approximate surface area is 156 Å². The number of ether oxygens (including phenoxy) is 1. The van der Waals surface area contributed by atoms with Gasteiger partial charge in [0.1, 0.15) is 6.04 Å². The summed E-state index contributed by atoms with van der Waals surface area (Å²) in [6.07, 6.45) is 1.47. The fourth-order valence-electron chi connectivity index (χ4n) is 3.31. The number of nitrogens with zero attached hydrogens (tertiary/aromatic N) is 2. The lowest BCUT2D eigenvalue weighted by Gasteiger charge is -2.36. The van der Waals surface area contributed by atoms with Crippen LogP contribution in [0.25, 0.3) is 5.73 Å². The molecule has 2 aliphatic heterocycles. The molecular weight excluding hydrogens is 363 g/mol. The number of aliphatic carboxylic acids is 1. The summed E-state index contributed by atoms with van der Waals surface area (Å²) in [5.74, 6) is -0.182. The molecule has 1 aromatic heterocycles. The molecule has 1 aromatic rings. The second-order valence-corrected chi connectivity index (χ2v) is 6.83. The average molecular weight is 388 g/mol. The number of carboxylic acid groups (broad SMARTS) is 1. The van der Waals surface area contributed by atoms with Crippen molar-refractivity contribution in [1.29, 1.82) is 0 Å². The summed E-state index contributed by atoms with van der Waals surface area (Å²) in [4.78, 5) is 16.5. The molecule has 27 heavy (non-hydrogen) atoms. The van der Waals surface area contributed by atoms with E-state index in [4.69, 9.17) is 10.5 Å². The number of likely N-dealkylation sites (tertiary alicyclic amines) is 1. The number of nitrogens with one attached hydrogen (secondary N) is 1. The Morgan fingerprint density at radius 1 is 1.26 bits per heavy atom. The molecule has 0 radical (unpaired) electrons. The van der Waals surface area contributed by atoms with Crippen molar-refractivity contribution in [3.63, 3.8) is 0 Å². The van der Waals surface area contributed by atoms with E-state index in [2.05, 4.69) is 9.88 Å². The molecule has 0 aliphatic carbocycles. The van der Waals surface area contributed by atoms with Crippen LogP contribution in [0.3, 0.4) is 0 Å². The zero-order valence-corrected chi connectivity index (χ0v) is 15.0. The summed E-state index contributed by atoms with van der Waals surface area (Å²) in [7, 11) is 0. The number of pyridine rings is 1. The molecule has 0 unspecified atom stereocenters. The van der Waals surface area contributed by atoms with Crippen molar-refractivity contribution in [2.45, 2.75) is 44.3 Å². The number of alkyl halides is 3. The molecule has 0 bridgehead atoms. The normalized spacial score (nSPS) is 22.0. The Bertz CT molecular complexity index is 590. The van der Waals surface area contributed by atoms with Gasteiger partial charge in [-0.15, -0.1) is 0 Å². The van der Waals surface area contributed by atoms with Crippen LogP contribution in [0.15, 0.2) is 18.3 Å². The Morgan fingerprint density at radius 3 is 2.52 bits per heavy atom. The summed E-state index contributed by atoms with van der Waals surface area (Å²) in [6.45, 7) is 3.58. The molecule has 2 saturated heterocycles. The zero-order chi connectivity index (χ0) is 19.9. The monoisotopic (exact) mass is 388 g/mol. The molecule has 9 heteroatoms. The van der Waals surface area contributed by atoms with Crippen LogP contribution in [0, 0.1) is 5.92 Å². The molecule has 0 amide bonds. The standard InChI is InChI=1S/C12H21NO3.C6H4F3N2/c14-12(15)11-3-1-2-6-13(11)9-10-4-7-16-8-5-10;7-6(8,9)4-1-2-5(10)11-3-4/h10-11H,1-9H2,(H,14,15);1-3H,(H-,10,11)/q;-1/t11-;/m0./s1. The number of halogens is 3. The second-order valence-electron chi connectivity index (χ2n) is 6.83. The summed E-state index contributed by atoms with van der Waals surface area (Å²) >= 11 is 0. The number of aromatic nitrogens is 1. The lowest BCUT2D eigenvalue weighted by molar-refractivity contribution is -0.145. The van der Waals surface area contributed by atoms with Gasteiger partial charge >= 0.3 is 12.1 Å². The van der Waals surface area contributed by atoms with E-state index in [0.29, 0.717) is 12.1 Å². The maximum absolute atomic E-state index is 11.8. The summed E-state index contributed by atoms with van der Waals surface area (Å²) in [5, 5.41) is 9.17. The first-order valence-corrected chi connectivity index (χ1v) is 9.07. The van der Waals surface area contributed by atoms with Crippen LogP contribution in [0.4, 0.5) is 19.0 Å². The fourth-order valence-corrected chi connectivity index (χ4v) is 3.31. The quantitative estimate of drug-likeness (QED) is 0.841. The fraction of sp³-hybridized carbons (Fsp3) is 0.667. The molecule has 6 nitrogen and oxygen atoms in total. The van der Waals surface area contributed by atoms with Gasteiger partial charge in [0.05, 0.1) is 5.56 Å². The third-order valence-corrected chi connectivity index (χ3v) is 4.82. The summed E-state index contributed by atoms with van der Waals surface area (Å²) in [5.41, 5.74) is 5.99. The lowest BCUT2D eigenvalue weighted by Crippen LogP contribution is -2.47. The highest BCUT2D eigenvalue weighted by molar-refractivity contribution is 5.73. The van der Waals surface area contributed by atoms with Gasteiger partial charge in [-0.05, 0) is 38.1 Å². The predicted molar refractivity (Wildman–Crippen MR) is 93.6 cm³/mol. The maximum Gasteiger partial charge on any atom is 0.416 e. The molecule has 2 fully saturated rings. The molecule has 1 atom stereocenters. The van der Waals surface area contributed by atoms with Crippen molar-refractivity contribution in [3.8, 4) is 0 Å². The van der Waals surface area contributed by atoms with E-state index in [1.807, 2.05) is 0 Å². The highest BCUT2D eigenvalue weighted by Crippen LogP contribution is 2.29. The molecule has 2 aliphatic rings. The van der Waals surface area contributed by atoms with E-state index >= 15 is 0 Å². The summed E-state index contributed by atoms with van der Waals surface area (Å²) in [6, 6.07) is 1.59. The minimum absolute atomic E-state index is 0.169. The number of carbonyl (C=O) groups is 1. The van der Waals surface area contributed by atoms with Gasteiger partial charge in [-0.25, -0.2) is 0 Å². The van der Waals surface area contributed by atoms with Gasteiger partial charge in [-0.1, -0.05) is 30.6 Å². The van der Waals surface area contributed by atoms with Crippen LogP contribution in [-0.2, 0) is 15.7 Å². The Balaban J connectivity index is 0.000000208. The molecule has 0 aromatic carbocycles. The van der Waals surface area contributed by atoms with E-state index in [-0.39, 0.29) is 11.9 Å². The second kappa shape index (κ2) is 9.89. The molecule has 3 rings (SSSR count). The van der Waals surface area contributed by atoms with Gasteiger partial charge in [0.15, 0.2) is 0 Å². The first-order valence-electron chi connectivity index (χ1n) is 9.07. The van der Waals surface area contributed by atoms with Crippen molar-refractivity contribution in [3.05, 3.63) is 29.6 Å². The topological polar surface area (TPSA) is 86.5 Å². The SMILES string of the molecule is O=C(O)[C@@H]1CCCCN1CC1CCOCC1.[NH-]c1ccc(C(F)(F)F)cn1. The highest BCUT2D eigenvalue weighted by atomic mass is 19.4. The van der Waals surface area contributed by atoms with Crippen molar-refractivity contribution < 1.29 is 27.8 Å². The van der Waals surface area contributed by atoms with Gasteiger partial charge in [-0.3, -0.25) is 9.69 Å². The first-order chi connectivity index (χ1) is 12.8. The van der Waals surface area contributed by atoms with Gasteiger partial charge in [0.2, 0.25) is 0 Å². The lowest BCUT2D eigenvalue weighted by atomic mass is 9.95. The Kier molecular flexibility index (Phi) is 7.85. The minimum atomic E-state index is -4.36. The van der Waals surface area contributed by atoms with E-state index in [1.165, 1.54) is 0 Å². The average Bonchev–Trinajstić information content (AvgIpc) is 2.63. The van der Waals surface area contributed by atoms with Crippen LogP contribution in [-0.4, -0.2) is 53.3 Å². The van der Waals surface area contributed by atoms with Gasteiger partial charge in [0, 0.05) is 19.8 Å². The van der Waals surface area contributed by atoms with Crippen LogP contribution in [0.1, 0.15) is 37.7 Å². The molecule has 0 spiro atoms. The number of carboxylic acids is 1. The smallest absolute Gasteiger partial charge is 0.416 e. The minimum Gasteiger partial charge on any atom is -0.482 e. The highest BCUT2D eigenvalue weighted by Gasteiger charge is 2.30. The molecule has 2 N–H and O–H groups in total. The van der Waals surface area contributed by atoms with E-state index in [0.717, 1.165) is 70.5 Å². The zero-order valence-electron chi connectivity index (χ0n) is 15.0. The van der Waals surface area contributed by atoms with E-state index in [1.54, 1.807) is 0 Å². The molecule has 0 saturated carbocycles. The number of hydrogen-bond acceptors (Lipinski definition) is 4. The van der Waals surface area contributed by atoms with Crippen molar-refractivity contribution in [2.24, 2.45) is 5.92 Å². The van der Waals surface area contributed by atoms with Crippen molar-refractivity contribution in [1.82, 2.24) is 9.88 Å². The van der Waals surface area contributed by atoms with Gasteiger partial charge in [-0.2, -0.15) is 13.2 Å². The van der Waals surface area contributed by atoms with E-state index < -0.39 is 17.7 Å². The largest absolute Gasteiger partial charge is 0.482 e. The Morgan fingerprint density at radius 2 is 1.96 bits per heavy atom. The molecule has 152 valence electrons. The van der Waals surface area contributed by atoms with Crippen LogP contribution < -0.4 is 0 Å². The molecule has 3 heterocycles. The first kappa shape index (κ1) is 21.4.